The van der Waals surface area contributed by atoms with Crippen molar-refractivity contribution in [2.75, 3.05) is 11.4 Å². The van der Waals surface area contributed by atoms with E-state index in [1.54, 1.807) is 0 Å². The lowest BCUT2D eigenvalue weighted by Crippen LogP contribution is -2.62. The molecule has 0 aromatic heterocycles. The normalized spacial score (nSPS) is 19.1. The van der Waals surface area contributed by atoms with Gasteiger partial charge in [0.15, 0.2) is 0 Å². The molecule has 1 spiro atoms. The van der Waals surface area contributed by atoms with Crippen molar-refractivity contribution in [3.05, 3.63) is 66.2 Å². The zero-order valence-electron chi connectivity index (χ0n) is 22.1. The summed E-state index contributed by atoms with van der Waals surface area (Å²) in [5.74, 6) is 0.156. The highest BCUT2D eigenvalue weighted by atomic mass is 16.5. The molecule has 1 N–H and O–H groups in total. The Balaban J connectivity index is 1.29. The fourth-order valence-electron chi connectivity index (χ4n) is 6.05. The van der Waals surface area contributed by atoms with Crippen LogP contribution in [0, 0.1) is 0 Å². The number of unbranched alkanes of at least 4 members (excludes halogenated alkanes) is 7. The van der Waals surface area contributed by atoms with E-state index in [0.717, 1.165) is 49.1 Å². The Morgan fingerprint density at radius 2 is 1.54 bits per heavy atom. The van der Waals surface area contributed by atoms with Crippen LogP contribution in [0.1, 0.15) is 77.2 Å². The minimum atomic E-state index is -0.687. The summed E-state index contributed by atoms with van der Waals surface area (Å²) in [6.07, 6.45) is 11.1. The smallest absolute Gasteiger partial charge is 0.303 e. The number of benzene rings is 3. The Morgan fingerprint density at radius 3 is 2.32 bits per heavy atom. The van der Waals surface area contributed by atoms with Crippen LogP contribution in [0.2, 0.25) is 0 Å². The number of anilines is 1. The van der Waals surface area contributed by atoms with Crippen LogP contribution in [0.25, 0.3) is 10.8 Å². The topological polar surface area (TPSA) is 62.1 Å². The monoisotopic (exact) mass is 498 g/mol. The van der Waals surface area contributed by atoms with Gasteiger partial charge in [0.2, 0.25) is 5.72 Å². The van der Waals surface area contributed by atoms with E-state index in [2.05, 4.69) is 85.6 Å². The van der Waals surface area contributed by atoms with E-state index < -0.39 is 11.7 Å². The van der Waals surface area contributed by atoms with Gasteiger partial charge in [0, 0.05) is 24.0 Å². The van der Waals surface area contributed by atoms with E-state index >= 15 is 0 Å². The fourth-order valence-corrected chi connectivity index (χ4v) is 6.05. The van der Waals surface area contributed by atoms with Gasteiger partial charge >= 0.3 is 5.97 Å². The standard InChI is InChI=1S/C32H38N2O3/c1-31(2)26-17-12-13-18-27(26)34(22-14-8-6-4-3-5-7-9-19-29(35)36)32(31)23-33-30-25-16-11-10-15-24(25)20-21-28(30)37-32/h10-13,15-18,20-21,23H,3-9,14,19,22H2,1-2H3,(H,35,36). The van der Waals surface area contributed by atoms with Crippen LogP contribution in [0.3, 0.4) is 0 Å². The Morgan fingerprint density at radius 1 is 0.865 bits per heavy atom. The summed E-state index contributed by atoms with van der Waals surface area (Å²) < 4.78 is 6.98. The van der Waals surface area contributed by atoms with Crippen molar-refractivity contribution in [3.63, 3.8) is 0 Å². The molecule has 5 heteroatoms. The molecule has 0 saturated carbocycles. The Labute approximate surface area is 220 Å². The number of carboxylic acid groups (broad SMARTS) is 1. The molecule has 0 saturated heterocycles. The second-order valence-electron chi connectivity index (χ2n) is 11.0. The van der Waals surface area contributed by atoms with Gasteiger partial charge in [0.25, 0.3) is 0 Å². The summed E-state index contributed by atoms with van der Waals surface area (Å²) in [6.45, 7) is 5.45. The number of carbonyl (C=O) groups is 1. The van der Waals surface area contributed by atoms with E-state index in [0.29, 0.717) is 6.42 Å². The number of aliphatic carboxylic acids is 1. The molecule has 5 rings (SSSR count). The highest BCUT2D eigenvalue weighted by molar-refractivity contribution is 5.99. The van der Waals surface area contributed by atoms with Gasteiger partial charge in [-0.2, -0.15) is 0 Å². The van der Waals surface area contributed by atoms with Gasteiger partial charge in [0.05, 0.1) is 11.6 Å². The minimum absolute atomic E-state index is 0.271. The van der Waals surface area contributed by atoms with Crippen molar-refractivity contribution < 1.29 is 14.6 Å². The molecule has 5 nitrogen and oxygen atoms in total. The molecule has 3 aromatic rings. The van der Waals surface area contributed by atoms with Gasteiger partial charge in [-0.1, -0.05) is 87.1 Å². The zero-order valence-corrected chi connectivity index (χ0v) is 22.1. The van der Waals surface area contributed by atoms with Crippen molar-refractivity contribution in [1.82, 2.24) is 0 Å². The quantitative estimate of drug-likeness (QED) is 0.272. The van der Waals surface area contributed by atoms with Crippen molar-refractivity contribution in [1.29, 1.82) is 0 Å². The molecule has 2 aliphatic rings. The average Bonchev–Trinajstić information content (AvgIpc) is 3.07. The maximum Gasteiger partial charge on any atom is 0.303 e. The molecule has 2 heterocycles. The molecule has 3 aromatic carbocycles. The summed E-state index contributed by atoms with van der Waals surface area (Å²) in [7, 11) is 0. The molecule has 0 radical (unpaired) electrons. The molecule has 0 bridgehead atoms. The van der Waals surface area contributed by atoms with Gasteiger partial charge in [-0.15, -0.1) is 0 Å². The van der Waals surface area contributed by atoms with E-state index in [1.165, 1.54) is 42.3 Å². The highest BCUT2D eigenvalue weighted by Crippen LogP contribution is 2.54. The van der Waals surface area contributed by atoms with Gasteiger partial charge in [-0.05, 0) is 49.8 Å². The second-order valence-corrected chi connectivity index (χ2v) is 11.0. The number of carboxylic acids is 1. The van der Waals surface area contributed by atoms with Gasteiger partial charge in [0.1, 0.15) is 11.4 Å². The third-order valence-electron chi connectivity index (χ3n) is 8.18. The molecule has 37 heavy (non-hydrogen) atoms. The van der Waals surface area contributed by atoms with E-state index in [4.69, 9.17) is 14.8 Å². The van der Waals surface area contributed by atoms with Crippen molar-refractivity contribution >= 4 is 34.3 Å². The lowest BCUT2D eigenvalue weighted by Gasteiger charge is -2.46. The van der Waals surface area contributed by atoms with Crippen LogP contribution in [-0.2, 0) is 10.2 Å². The second kappa shape index (κ2) is 10.6. The fraction of sp³-hybridized carbons (Fsp3) is 0.438. The van der Waals surface area contributed by atoms with Crippen LogP contribution in [0.15, 0.2) is 65.7 Å². The molecule has 194 valence electrons. The minimum Gasteiger partial charge on any atom is -0.481 e. The molecule has 0 amide bonds. The summed E-state index contributed by atoms with van der Waals surface area (Å²) in [5.41, 5.74) is 2.51. The highest BCUT2D eigenvalue weighted by Gasteiger charge is 2.59. The summed E-state index contributed by atoms with van der Waals surface area (Å²) in [4.78, 5) is 18.1. The number of fused-ring (bicyclic) bond motifs is 4. The molecule has 0 fully saturated rings. The Bertz CT molecular complexity index is 1300. The van der Waals surface area contributed by atoms with Gasteiger partial charge in [-0.25, -0.2) is 0 Å². The van der Waals surface area contributed by atoms with Crippen LogP contribution < -0.4 is 9.64 Å². The predicted molar refractivity (Wildman–Crippen MR) is 151 cm³/mol. The van der Waals surface area contributed by atoms with Crippen LogP contribution in [0.4, 0.5) is 11.4 Å². The SMILES string of the molecule is CC1(C)c2ccccc2N(CCCCCCCCCCC(=O)O)C12C=Nc1c(ccc3ccccc13)O2. The summed E-state index contributed by atoms with van der Waals surface area (Å²) in [5, 5.41) is 11.0. The molecule has 2 aliphatic heterocycles. The van der Waals surface area contributed by atoms with E-state index in [9.17, 15) is 4.79 Å². The number of ether oxygens (including phenoxy) is 1. The Hall–Kier alpha value is -3.34. The van der Waals surface area contributed by atoms with Crippen LogP contribution >= 0.6 is 0 Å². The summed E-state index contributed by atoms with van der Waals surface area (Å²) >= 11 is 0. The third kappa shape index (κ3) is 4.72. The number of rotatable bonds is 11. The molecule has 1 unspecified atom stereocenters. The van der Waals surface area contributed by atoms with E-state index in [1.807, 2.05) is 0 Å². The number of para-hydroxylation sites is 1. The lowest BCUT2D eigenvalue weighted by molar-refractivity contribution is -0.137. The zero-order chi connectivity index (χ0) is 25.9. The first kappa shape index (κ1) is 25.3. The number of hydrogen-bond donors (Lipinski definition) is 1. The lowest BCUT2D eigenvalue weighted by atomic mass is 9.77. The maximum atomic E-state index is 10.6. The first-order valence-corrected chi connectivity index (χ1v) is 13.8. The maximum absolute atomic E-state index is 10.6. The number of nitrogens with zero attached hydrogens (tertiary/aromatic N) is 2. The number of aliphatic imine (C=N–C) groups is 1. The predicted octanol–water partition coefficient (Wildman–Crippen LogP) is 8.02. The van der Waals surface area contributed by atoms with Gasteiger partial charge in [-0.3, -0.25) is 9.79 Å². The van der Waals surface area contributed by atoms with Crippen molar-refractivity contribution in [3.8, 4) is 5.75 Å². The summed E-state index contributed by atoms with van der Waals surface area (Å²) in [6, 6.07) is 21.2. The van der Waals surface area contributed by atoms with Crippen LogP contribution in [0.5, 0.6) is 5.75 Å². The average molecular weight is 499 g/mol. The molecule has 1 atom stereocenters. The van der Waals surface area contributed by atoms with Crippen LogP contribution in [-0.4, -0.2) is 29.6 Å². The molecular formula is C32H38N2O3. The Kier molecular flexibility index (Phi) is 7.23. The van der Waals surface area contributed by atoms with E-state index in [-0.39, 0.29) is 5.41 Å². The number of hydrogen-bond acceptors (Lipinski definition) is 4. The first-order valence-electron chi connectivity index (χ1n) is 13.8. The third-order valence-corrected chi connectivity index (χ3v) is 8.18. The van der Waals surface area contributed by atoms with Gasteiger partial charge < -0.3 is 14.7 Å². The first-order chi connectivity index (χ1) is 17.9. The largest absolute Gasteiger partial charge is 0.481 e. The molecular weight excluding hydrogens is 460 g/mol. The van der Waals surface area contributed by atoms with Crippen molar-refractivity contribution in [2.24, 2.45) is 4.99 Å². The van der Waals surface area contributed by atoms with Crippen molar-refractivity contribution in [2.45, 2.75) is 82.8 Å². The molecule has 0 aliphatic carbocycles.